The van der Waals surface area contributed by atoms with Crippen LogP contribution in [0.1, 0.15) is 46.4 Å². The Morgan fingerprint density at radius 1 is 1.03 bits per heavy atom. The Bertz CT molecular complexity index is 1020. The number of imide groups is 2. The zero-order valence-corrected chi connectivity index (χ0v) is 17.1. The quantitative estimate of drug-likeness (QED) is 0.349. The maximum Gasteiger partial charge on any atom is 0.266 e. The zero-order valence-electron chi connectivity index (χ0n) is 17.1. The van der Waals surface area contributed by atoms with Crippen molar-refractivity contribution in [3.63, 3.8) is 0 Å². The molecule has 2 fully saturated rings. The molecule has 1 atom stereocenters. The summed E-state index contributed by atoms with van der Waals surface area (Å²) < 4.78 is 5.48. The number of benzene rings is 1. The van der Waals surface area contributed by atoms with Crippen LogP contribution in [0, 0.1) is 5.92 Å². The molecule has 1 unspecified atom stereocenters. The number of nitrogens with zero attached hydrogens (tertiary/aromatic N) is 1. The van der Waals surface area contributed by atoms with Crippen LogP contribution in [-0.2, 0) is 19.2 Å². The minimum Gasteiger partial charge on any atom is -0.483 e. The third-order valence-corrected chi connectivity index (χ3v) is 5.48. The van der Waals surface area contributed by atoms with E-state index in [0.29, 0.717) is 6.54 Å². The molecule has 3 aliphatic rings. The maximum atomic E-state index is 13.0. The Labute approximate surface area is 182 Å². The van der Waals surface area contributed by atoms with Gasteiger partial charge in [0.25, 0.3) is 17.7 Å². The van der Waals surface area contributed by atoms with Crippen LogP contribution in [0.2, 0.25) is 0 Å². The van der Waals surface area contributed by atoms with Crippen molar-refractivity contribution in [2.75, 3.05) is 19.7 Å². The first-order valence-electron chi connectivity index (χ1n) is 10.4. The van der Waals surface area contributed by atoms with Crippen molar-refractivity contribution in [1.29, 1.82) is 0 Å². The van der Waals surface area contributed by atoms with Gasteiger partial charge < -0.3 is 15.4 Å². The highest BCUT2D eigenvalue weighted by Crippen LogP contribution is 2.33. The van der Waals surface area contributed by atoms with Gasteiger partial charge in [0.1, 0.15) is 11.8 Å². The summed E-state index contributed by atoms with van der Waals surface area (Å²) in [5.41, 5.74) is 0.0482. The van der Waals surface area contributed by atoms with E-state index in [1.165, 1.54) is 18.2 Å². The summed E-state index contributed by atoms with van der Waals surface area (Å²) in [6.45, 7) is 0.136. The molecular weight excluding hydrogens is 420 g/mol. The summed E-state index contributed by atoms with van der Waals surface area (Å²) in [4.78, 5) is 73.7. The van der Waals surface area contributed by atoms with Crippen LogP contribution in [0.3, 0.4) is 0 Å². The van der Waals surface area contributed by atoms with E-state index in [1.54, 1.807) is 0 Å². The standard InChI is InChI=1S/C21H22N4O7/c26-15-7-6-13(19(29)24-15)25-20(30)12-2-1-3-14(17(12)21(25)31)32-10-16(27)22-8-9-23-18(28)11-4-5-11/h1-3,11,13H,4-10H2,(H,22,27)(H,23,28)(H,24,26,29). The summed E-state index contributed by atoms with van der Waals surface area (Å²) in [5, 5.41) is 7.46. The highest BCUT2D eigenvalue weighted by molar-refractivity contribution is 6.24. The SMILES string of the molecule is O=C(COc1cccc2c1C(=O)N(C1CCC(=O)NC1=O)C2=O)NCCNC(=O)C1CC1. The van der Waals surface area contributed by atoms with Crippen LogP contribution >= 0.6 is 0 Å². The van der Waals surface area contributed by atoms with Crippen molar-refractivity contribution >= 4 is 35.4 Å². The van der Waals surface area contributed by atoms with Gasteiger partial charge in [-0.2, -0.15) is 0 Å². The van der Waals surface area contributed by atoms with E-state index in [-0.39, 0.29) is 48.1 Å². The second-order valence-electron chi connectivity index (χ2n) is 7.83. The van der Waals surface area contributed by atoms with Gasteiger partial charge in [0.2, 0.25) is 17.7 Å². The summed E-state index contributed by atoms with van der Waals surface area (Å²) >= 11 is 0. The molecule has 1 aliphatic carbocycles. The van der Waals surface area contributed by atoms with Crippen LogP contribution in [0.15, 0.2) is 18.2 Å². The topological polar surface area (TPSA) is 151 Å². The van der Waals surface area contributed by atoms with Gasteiger partial charge >= 0.3 is 0 Å². The number of hydrogen-bond donors (Lipinski definition) is 3. The molecule has 11 nitrogen and oxygen atoms in total. The lowest BCUT2D eigenvalue weighted by atomic mass is 10.0. The molecule has 0 bridgehead atoms. The van der Waals surface area contributed by atoms with Crippen LogP contribution in [0.5, 0.6) is 5.75 Å². The van der Waals surface area contributed by atoms with Crippen LogP contribution in [0.4, 0.5) is 0 Å². The maximum absolute atomic E-state index is 13.0. The Morgan fingerprint density at radius 2 is 1.78 bits per heavy atom. The molecule has 32 heavy (non-hydrogen) atoms. The number of hydrogen-bond acceptors (Lipinski definition) is 7. The van der Waals surface area contributed by atoms with E-state index < -0.39 is 42.2 Å². The first-order valence-corrected chi connectivity index (χ1v) is 10.4. The van der Waals surface area contributed by atoms with Gasteiger partial charge in [0.15, 0.2) is 6.61 Å². The van der Waals surface area contributed by atoms with Crippen molar-refractivity contribution < 1.29 is 33.5 Å². The largest absolute Gasteiger partial charge is 0.483 e. The van der Waals surface area contributed by atoms with Gasteiger partial charge in [-0.1, -0.05) is 6.07 Å². The molecule has 0 spiro atoms. The molecule has 3 N–H and O–H groups in total. The Balaban J connectivity index is 1.35. The summed E-state index contributed by atoms with van der Waals surface area (Å²) in [5.74, 6) is -2.85. The molecule has 1 aromatic rings. The summed E-state index contributed by atoms with van der Waals surface area (Å²) in [6, 6.07) is 3.33. The fraction of sp³-hybridized carbons (Fsp3) is 0.429. The Morgan fingerprint density at radius 3 is 2.50 bits per heavy atom. The second kappa shape index (κ2) is 8.77. The number of piperidine rings is 1. The molecule has 0 aromatic heterocycles. The summed E-state index contributed by atoms with van der Waals surface area (Å²) in [7, 11) is 0. The van der Waals surface area contributed by atoms with E-state index in [4.69, 9.17) is 4.74 Å². The monoisotopic (exact) mass is 442 g/mol. The average molecular weight is 442 g/mol. The smallest absolute Gasteiger partial charge is 0.266 e. The van der Waals surface area contributed by atoms with E-state index >= 15 is 0 Å². The molecule has 1 saturated heterocycles. The molecule has 4 rings (SSSR count). The van der Waals surface area contributed by atoms with E-state index in [0.717, 1.165) is 17.7 Å². The highest BCUT2D eigenvalue weighted by Gasteiger charge is 2.46. The lowest BCUT2D eigenvalue weighted by Gasteiger charge is -2.27. The van der Waals surface area contributed by atoms with Gasteiger partial charge in [-0.25, -0.2) is 0 Å². The van der Waals surface area contributed by atoms with Gasteiger partial charge in [0, 0.05) is 25.4 Å². The predicted molar refractivity (Wildman–Crippen MR) is 107 cm³/mol. The molecular formula is C21H22N4O7. The first kappa shape index (κ1) is 21.5. The van der Waals surface area contributed by atoms with Crippen molar-refractivity contribution in [2.45, 2.75) is 31.7 Å². The number of amides is 6. The Hall–Kier alpha value is -3.76. The van der Waals surface area contributed by atoms with Crippen LogP contribution < -0.4 is 20.7 Å². The molecule has 6 amide bonds. The van der Waals surface area contributed by atoms with Crippen molar-refractivity contribution in [3.8, 4) is 5.75 Å². The normalized spacial score (nSPS) is 20.0. The van der Waals surface area contributed by atoms with Crippen molar-refractivity contribution in [2.24, 2.45) is 5.92 Å². The van der Waals surface area contributed by atoms with Crippen molar-refractivity contribution in [1.82, 2.24) is 20.9 Å². The van der Waals surface area contributed by atoms with Crippen LogP contribution in [0.25, 0.3) is 0 Å². The highest BCUT2D eigenvalue weighted by atomic mass is 16.5. The second-order valence-corrected chi connectivity index (χ2v) is 7.83. The lowest BCUT2D eigenvalue weighted by molar-refractivity contribution is -0.136. The molecule has 2 heterocycles. The average Bonchev–Trinajstić information content (AvgIpc) is 3.58. The van der Waals surface area contributed by atoms with Crippen LogP contribution in [-0.4, -0.2) is 66.1 Å². The minimum absolute atomic E-state index is 0.0147. The number of ether oxygens (including phenoxy) is 1. The number of fused-ring (bicyclic) bond motifs is 1. The number of carbonyl (C=O) groups excluding carboxylic acids is 6. The third kappa shape index (κ3) is 4.32. The Kier molecular flexibility index (Phi) is 5.89. The van der Waals surface area contributed by atoms with Gasteiger partial charge in [-0.15, -0.1) is 0 Å². The number of carbonyl (C=O) groups is 6. The van der Waals surface area contributed by atoms with Gasteiger partial charge in [-0.05, 0) is 31.4 Å². The molecule has 1 saturated carbocycles. The molecule has 0 radical (unpaired) electrons. The fourth-order valence-corrected chi connectivity index (χ4v) is 3.68. The van der Waals surface area contributed by atoms with E-state index in [1.807, 2.05) is 0 Å². The van der Waals surface area contributed by atoms with E-state index in [9.17, 15) is 28.8 Å². The molecule has 1 aromatic carbocycles. The van der Waals surface area contributed by atoms with Crippen molar-refractivity contribution in [3.05, 3.63) is 29.3 Å². The van der Waals surface area contributed by atoms with E-state index in [2.05, 4.69) is 16.0 Å². The molecule has 2 aliphatic heterocycles. The lowest BCUT2D eigenvalue weighted by Crippen LogP contribution is -2.54. The predicted octanol–water partition coefficient (Wildman–Crippen LogP) is -0.891. The molecule has 168 valence electrons. The minimum atomic E-state index is -1.08. The van der Waals surface area contributed by atoms with Gasteiger partial charge in [-0.3, -0.25) is 39.0 Å². The fourth-order valence-electron chi connectivity index (χ4n) is 3.68. The summed E-state index contributed by atoms with van der Waals surface area (Å²) in [6.07, 6.45) is 1.87. The third-order valence-electron chi connectivity index (χ3n) is 5.48. The first-order chi connectivity index (χ1) is 15.4. The molecule has 11 heteroatoms. The number of rotatable bonds is 8. The van der Waals surface area contributed by atoms with Gasteiger partial charge in [0.05, 0.1) is 11.1 Å². The zero-order chi connectivity index (χ0) is 22.8. The number of nitrogens with one attached hydrogen (secondary N) is 3.